The number of benzene rings is 1. The number of hydrogen-bond donors (Lipinski definition) is 1. The van der Waals surface area contributed by atoms with Gasteiger partial charge >= 0.3 is 0 Å². The highest BCUT2D eigenvalue weighted by Crippen LogP contribution is 2.33. The Morgan fingerprint density at radius 2 is 1.71 bits per heavy atom. The van der Waals surface area contributed by atoms with Gasteiger partial charge in [-0.2, -0.15) is 4.31 Å². The summed E-state index contributed by atoms with van der Waals surface area (Å²) in [6.07, 6.45) is 1.92. The third-order valence-corrected chi connectivity index (χ3v) is 5.40. The Morgan fingerprint density at radius 3 is 2.12 bits per heavy atom. The van der Waals surface area contributed by atoms with Crippen LogP contribution in [0.1, 0.15) is 24.0 Å². The van der Waals surface area contributed by atoms with Gasteiger partial charge in [-0.05, 0) is 49.9 Å². The molecule has 0 bridgehead atoms. The second-order valence-electron chi connectivity index (χ2n) is 4.74. The molecule has 94 valence electrons. The SMILES string of the molecule is Cc1cc(N)cc(C)c1S(=O)(=O)N(C)C1CC1. The minimum Gasteiger partial charge on any atom is -0.399 e. The van der Waals surface area contributed by atoms with E-state index in [2.05, 4.69) is 0 Å². The number of aryl methyl sites for hydroxylation is 2. The Morgan fingerprint density at radius 1 is 1.24 bits per heavy atom. The lowest BCUT2D eigenvalue weighted by atomic mass is 10.1. The van der Waals surface area contributed by atoms with Crippen LogP contribution in [-0.4, -0.2) is 25.8 Å². The molecule has 0 radical (unpaired) electrons. The standard InChI is InChI=1S/C12H18N2O2S/c1-8-6-10(13)7-9(2)12(8)17(15,16)14(3)11-4-5-11/h6-7,11H,4-5,13H2,1-3H3. The van der Waals surface area contributed by atoms with Crippen LogP contribution in [0.25, 0.3) is 0 Å². The van der Waals surface area contributed by atoms with Gasteiger partial charge in [-0.1, -0.05) is 0 Å². The van der Waals surface area contributed by atoms with Crippen molar-refractivity contribution in [2.75, 3.05) is 12.8 Å². The molecule has 4 nitrogen and oxygen atoms in total. The highest BCUT2D eigenvalue weighted by atomic mass is 32.2. The molecule has 0 unspecified atom stereocenters. The van der Waals surface area contributed by atoms with Crippen molar-refractivity contribution in [1.82, 2.24) is 4.31 Å². The van der Waals surface area contributed by atoms with Gasteiger partial charge < -0.3 is 5.73 Å². The third kappa shape index (κ3) is 2.17. The molecular formula is C12H18N2O2S. The van der Waals surface area contributed by atoms with E-state index in [1.807, 2.05) is 0 Å². The lowest BCUT2D eigenvalue weighted by molar-refractivity contribution is 0.463. The maximum absolute atomic E-state index is 12.5. The maximum atomic E-state index is 12.5. The molecule has 2 rings (SSSR count). The van der Waals surface area contributed by atoms with Gasteiger partial charge in [0, 0.05) is 18.8 Å². The summed E-state index contributed by atoms with van der Waals surface area (Å²) in [6, 6.07) is 3.60. The van der Waals surface area contributed by atoms with Crippen LogP contribution in [0.3, 0.4) is 0 Å². The zero-order chi connectivity index (χ0) is 12.8. The van der Waals surface area contributed by atoms with Gasteiger partial charge in [-0.25, -0.2) is 8.42 Å². The number of rotatable bonds is 3. The highest BCUT2D eigenvalue weighted by Gasteiger charge is 2.36. The van der Waals surface area contributed by atoms with E-state index in [0.29, 0.717) is 10.6 Å². The minimum absolute atomic E-state index is 0.177. The summed E-state index contributed by atoms with van der Waals surface area (Å²) in [7, 11) is -1.72. The van der Waals surface area contributed by atoms with Gasteiger partial charge in [0.1, 0.15) is 0 Å². The molecule has 1 aliphatic carbocycles. The summed E-state index contributed by atoms with van der Waals surface area (Å²) in [6.45, 7) is 3.58. The smallest absolute Gasteiger partial charge is 0.243 e. The molecule has 0 heterocycles. The summed E-state index contributed by atoms with van der Waals surface area (Å²) in [5.41, 5.74) is 7.75. The van der Waals surface area contributed by atoms with Crippen molar-refractivity contribution in [3.05, 3.63) is 23.3 Å². The molecule has 0 aliphatic heterocycles. The van der Waals surface area contributed by atoms with Crippen molar-refractivity contribution in [2.24, 2.45) is 0 Å². The number of hydrogen-bond acceptors (Lipinski definition) is 3. The van der Waals surface area contributed by atoms with Crippen molar-refractivity contribution in [3.63, 3.8) is 0 Å². The summed E-state index contributed by atoms with van der Waals surface area (Å²) in [5.74, 6) is 0. The van der Waals surface area contributed by atoms with Gasteiger partial charge in [0.15, 0.2) is 0 Å². The largest absolute Gasteiger partial charge is 0.399 e. The molecule has 0 amide bonds. The van der Waals surface area contributed by atoms with E-state index in [9.17, 15) is 8.42 Å². The van der Waals surface area contributed by atoms with Gasteiger partial charge in [-0.15, -0.1) is 0 Å². The van der Waals surface area contributed by atoms with Crippen LogP contribution in [-0.2, 0) is 10.0 Å². The van der Waals surface area contributed by atoms with Crippen LogP contribution < -0.4 is 5.73 Å². The Kier molecular flexibility index (Phi) is 2.91. The molecule has 1 saturated carbocycles. The predicted octanol–water partition coefficient (Wildman–Crippen LogP) is 1.67. The Hall–Kier alpha value is -1.07. The summed E-state index contributed by atoms with van der Waals surface area (Å²) in [5, 5.41) is 0. The van der Waals surface area contributed by atoms with E-state index in [1.54, 1.807) is 33.0 Å². The van der Waals surface area contributed by atoms with Gasteiger partial charge in [0.25, 0.3) is 0 Å². The molecule has 0 atom stereocenters. The number of nitrogen functional groups attached to an aromatic ring is 1. The molecule has 2 N–H and O–H groups in total. The monoisotopic (exact) mass is 254 g/mol. The lowest BCUT2D eigenvalue weighted by Crippen LogP contribution is -2.30. The van der Waals surface area contributed by atoms with E-state index < -0.39 is 10.0 Å². The fraction of sp³-hybridized carbons (Fsp3) is 0.500. The first-order chi connectivity index (χ1) is 7.84. The number of nitrogens with two attached hydrogens (primary N) is 1. The van der Waals surface area contributed by atoms with E-state index >= 15 is 0 Å². The number of sulfonamides is 1. The zero-order valence-electron chi connectivity index (χ0n) is 10.4. The van der Waals surface area contributed by atoms with Gasteiger partial charge in [0.2, 0.25) is 10.0 Å². The summed E-state index contributed by atoms with van der Waals surface area (Å²) >= 11 is 0. The minimum atomic E-state index is -3.38. The number of anilines is 1. The first-order valence-electron chi connectivity index (χ1n) is 5.69. The summed E-state index contributed by atoms with van der Waals surface area (Å²) < 4.78 is 26.4. The average molecular weight is 254 g/mol. The molecule has 0 aromatic heterocycles. The normalized spacial score (nSPS) is 16.5. The van der Waals surface area contributed by atoms with E-state index in [0.717, 1.165) is 24.0 Å². The summed E-state index contributed by atoms with van der Waals surface area (Å²) in [4.78, 5) is 0.404. The highest BCUT2D eigenvalue weighted by molar-refractivity contribution is 7.89. The first-order valence-corrected chi connectivity index (χ1v) is 7.13. The Balaban J connectivity index is 2.53. The molecule has 1 aliphatic rings. The first kappa shape index (κ1) is 12.4. The van der Waals surface area contributed by atoms with Crippen molar-refractivity contribution < 1.29 is 8.42 Å². The van der Waals surface area contributed by atoms with Crippen LogP contribution in [0.15, 0.2) is 17.0 Å². The fourth-order valence-corrected chi connectivity index (χ4v) is 3.99. The van der Waals surface area contributed by atoms with Crippen molar-refractivity contribution in [2.45, 2.75) is 37.6 Å². The fourth-order valence-electron chi connectivity index (χ4n) is 2.17. The quantitative estimate of drug-likeness (QED) is 0.834. The predicted molar refractivity (Wildman–Crippen MR) is 68.3 cm³/mol. The molecule has 5 heteroatoms. The molecule has 17 heavy (non-hydrogen) atoms. The average Bonchev–Trinajstić information content (AvgIpc) is 2.96. The molecule has 1 aromatic rings. The van der Waals surface area contributed by atoms with Crippen molar-refractivity contribution in [3.8, 4) is 0 Å². The van der Waals surface area contributed by atoms with E-state index in [1.165, 1.54) is 4.31 Å². The van der Waals surface area contributed by atoms with Gasteiger partial charge in [-0.3, -0.25) is 0 Å². The second-order valence-corrected chi connectivity index (χ2v) is 6.67. The van der Waals surface area contributed by atoms with Crippen molar-refractivity contribution >= 4 is 15.7 Å². The Bertz CT molecular complexity index is 525. The number of nitrogens with zero attached hydrogens (tertiary/aromatic N) is 1. The molecular weight excluding hydrogens is 236 g/mol. The second kappa shape index (κ2) is 3.99. The van der Waals surface area contributed by atoms with Gasteiger partial charge in [0.05, 0.1) is 4.90 Å². The lowest BCUT2D eigenvalue weighted by Gasteiger charge is -2.19. The van der Waals surface area contributed by atoms with Crippen LogP contribution in [0.4, 0.5) is 5.69 Å². The van der Waals surface area contributed by atoms with Crippen LogP contribution in [0, 0.1) is 13.8 Å². The molecule has 1 fully saturated rings. The van der Waals surface area contributed by atoms with E-state index in [4.69, 9.17) is 5.73 Å². The van der Waals surface area contributed by atoms with Crippen LogP contribution in [0.5, 0.6) is 0 Å². The Labute approximate surface area is 102 Å². The third-order valence-electron chi connectivity index (χ3n) is 3.18. The topological polar surface area (TPSA) is 63.4 Å². The maximum Gasteiger partial charge on any atom is 0.243 e. The molecule has 0 saturated heterocycles. The van der Waals surface area contributed by atoms with Crippen LogP contribution >= 0.6 is 0 Å². The van der Waals surface area contributed by atoms with Crippen molar-refractivity contribution in [1.29, 1.82) is 0 Å². The molecule has 1 aromatic carbocycles. The molecule has 0 spiro atoms. The van der Waals surface area contributed by atoms with Crippen LogP contribution in [0.2, 0.25) is 0 Å². The zero-order valence-corrected chi connectivity index (χ0v) is 11.2. The van der Waals surface area contributed by atoms with E-state index in [-0.39, 0.29) is 6.04 Å².